The molecule has 0 saturated carbocycles. The Morgan fingerprint density at radius 2 is 1.79 bits per heavy atom. The fourth-order valence-corrected chi connectivity index (χ4v) is 3.00. The molecule has 1 rings (SSSR count). The summed E-state index contributed by atoms with van der Waals surface area (Å²) in [7, 11) is 1.75. The van der Waals surface area contributed by atoms with E-state index < -0.39 is 0 Å². The first-order valence-corrected chi connectivity index (χ1v) is 8.74. The van der Waals surface area contributed by atoms with Gasteiger partial charge in [0.2, 0.25) is 11.8 Å². The van der Waals surface area contributed by atoms with Crippen LogP contribution >= 0.6 is 23.2 Å². The summed E-state index contributed by atoms with van der Waals surface area (Å²) in [5.41, 5.74) is 0.802. The number of likely N-dealkylation sites (N-methyl/N-ethyl adjacent to an activating group) is 2. The monoisotopic (exact) mass is 373 g/mol. The Kier molecular flexibility index (Phi) is 8.53. The van der Waals surface area contributed by atoms with Gasteiger partial charge in [0, 0.05) is 23.1 Å². The predicted octanol–water partition coefficient (Wildman–Crippen LogP) is 2.97. The molecule has 1 N–H and O–H groups in total. The number of halogens is 2. The van der Waals surface area contributed by atoms with Gasteiger partial charge in [-0.05, 0) is 45.5 Å². The van der Waals surface area contributed by atoms with Gasteiger partial charge in [-0.3, -0.25) is 14.5 Å². The molecule has 0 unspecified atom stereocenters. The van der Waals surface area contributed by atoms with Crippen molar-refractivity contribution < 1.29 is 9.59 Å². The summed E-state index contributed by atoms with van der Waals surface area (Å²) in [4.78, 5) is 27.6. The molecule has 0 heterocycles. The number of nitrogens with one attached hydrogen (secondary N) is 1. The van der Waals surface area contributed by atoms with Crippen molar-refractivity contribution in [2.24, 2.45) is 0 Å². The summed E-state index contributed by atoms with van der Waals surface area (Å²) in [5, 5.41) is 3.95. The normalized spacial score (nSPS) is 12.1. The minimum Gasteiger partial charge on any atom is -0.348 e. The second-order valence-electron chi connectivity index (χ2n) is 5.69. The third kappa shape index (κ3) is 6.30. The Bertz CT molecular complexity index is 577. The number of carbonyl (C=O) groups is 2. The van der Waals surface area contributed by atoms with Crippen molar-refractivity contribution in [3.8, 4) is 0 Å². The molecule has 24 heavy (non-hydrogen) atoms. The lowest BCUT2D eigenvalue weighted by atomic mass is 10.1. The van der Waals surface area contributed by atoms with E-state index >= 15 is 0 Å². The van der Waals surface area contributed by atoms with E-state index in [1.165, 1.54) is 0 Å². The second kappa shape index (κ2) is 9.87. The number of hydrogen-bond donors (Lipinski definition) is 1. The van der Waals surface area contributed by atoms with E-state index in [1.807, 2.05) is 20.8 Å². The lowest BCUT2D eigenvalue weighted by molar-refractivity contribution is -0.132. The van der Waals surface area contributed by atoms with Gasteiger partial charge in [0.05, 0.1) is 19.1 Å². The van der Waals surface area contributed by atoms with Crippen LogP contribution in [0.15, 0.2) is 18.2 Å². The predicted molar refractivity (Wildman–Crippen MR) is 98.4 cm³/mol. The van der Waals surface area contributed by atoms with Crippen molar-refractivity contribution in [2.75, 3.05) is 33.2 Å². The molecule has 1 aromatic carbocycles. The van der Waals surface area contributed by atoms with Gasteiger partial charge in [-0.2, -0.15) is 0 Å². The molecule has 1 aromatic rings. The van der Waals surface area contributed by atoms with E-state index in [4.69, 9.17) is 23.2 Å². The number of carbonyl (C=O) groups excluding carboxylic acids is 2. The summed E-state index contributed by atoms with van der Waals surface area (Å²) in [6, 6.07) is 4.94. The van der Waals surface area contributed by atoms with Crippen molar-refractivity contribution >= 4 is 35.0 Å². The average Bonchev–Trinajstić information content (AvgIpc) is 2.47. The third-order valence-electron chi connectivity index (χ3n) is 3.74. The van der Waals surface area contributed by atoms with Crippen LogP contribution in [0, 0.1) is 0 Å². The zero-order valence-corrected chi connectivity index (χ0v) is 16.1. The lowest BCUT2D eigenvalue weighted by Crippen LogP contribution is -2.43. The van der Waals surface area contributed by atoms with E-state index in [-0.39, 0.29) is 30.9 Å². The van der Waals surface area contributed by atoms with Gasteiger partial charge in [-0.15, -0.1) is 0 Å². The molecule has 5 nitrogen and oxygen atoms in total. The van der Waals surface area contributed by atoms with E-state index in [0.29, 0.717) is 23.1 Å². The molecular weight excluding hydrogens is 349 g/mol. The maximum atomic E-state index is 12.2. The Labute approximate surface area is 153 Å². The summed E-state index contributed by atoms with van der Waals surface area (Å²) in [5.74, 6) is -0.146. The number of benzene rings is 1. The molecule has 2 amide bonds. The van der Waals surface area contributed by atoms with E-state index in [9.17, 15) is 9.59 Å². The smallest absolute Gasteiger partial charge is 0.236 e. The van der Waals surface area contributed by atoms with Gasteiger partial charge < -0.3 is 10.2 Å². The van der Waals surface area contributed by atoms with E-state index in [1.54, 1.807) is 35.0 Å². The van der Waals surface area contributed by atoms with Gasteiger partial charge in [0.1, 0.15) is 0 Å². The highest BCUT2D eigenvalue weighted by Crippen LogP contribution is 2.25. The van der Waals surface area contributed by atoms with Crippen LogP contribution in [0.25, 0.3) is 0 Å². The molecule has 0 spiro atoms. The van der Waals surface area contributed by atoms with Crippen LogP contribution < -0.4 is 5.32 Å². The zero-order chi connectivity index (χ0) is 18.3. The van der Waals surface area contributed by atoms with Crippen molar-refractivity contribution in [2.45, 2.75) is 26.8 Å². The molecule has 134 valence electrons. The number of amides is 2. The van der Waals surface area contributed by atoms with E-state index in [0.717, 1.165) is 5.56 Å². The Morgan fingerprint density at radius 1 is 1.17 bits per heavy atom. The van der Waals surface area contributed by atoms with Crippen LogP contribution in [0.3, 0.4) is 0 Å². The number of hydrogen-bond acceptors (Lipinski definition) is 3. The van der Waals surface area contributed by atoms with Gasteiger partial charge in [0.25, 0.3) is 0 Å². The molecule has 0 aliphatic carbocycles. The standard InChI is InChI=1S/C17H25Cl2N3O2/c1-5-22(6-2)17(24)11-21(4)10-16(23)20-12(3)14-8-7-13(18)9-15(14)19/h7-9,12H,5-6,10-11H2,1-4H3,(H,20,23)/t12-/m1/s1. The molecule has 0 aromatic heterocycles. The Hall–Kier alpha value is -1.30. The van der Waals surface area contributed by atoms with Crippen molar-refractivity contribution in [3.63, 3.8) is 0 Å². The molecule has 0 saturated heterocycles. The van der Waals surface area contributed by atoms with Gasteiger partial charge in [-0.25, -0.2) is 0 Å². The lowest BCUT2D eigenvalue weighted by Gasteiger charge is -2.23. The maximum absolute atomic E-state index is 12.2. The minimum absolute atomic E-state index is 0.0177. The fourth-order valence-electron chi connectivity index (χ4n) is 2.43. The SMILES string of the molecule is CCN(CC)C(=O)CN(C)CC(=O)N[C@H](C)c1ccc(Cl)cc1Cl. The van der Waals surface area contributed by atoms with Gasteiger partial charge in [-0.1, -0.05) is 29.3 Å². The van der Waals surface area contributed by atoms with Crippen LogP contribution in [0.1, 0.15) is 32.4 Å². The van der Waals surface area contributed by atoms with Crippen molar-refractivity contribution in [1.82, 2.24) is 15.1 Å². The molecule has 0 fully saturated rings. The zero-order valence-electron chi connectivity index (χ0n) is 14.6. The molecule has 0 bridgehead atoms. The van der Waals surface area contributed by atoms with Crippen LogP contribution in [0.5, 0.6) is 0 Å². The maximum Gasteiger partial charge on any atom is 0.236 e. The Morgan fingerprint density at radius 3 is 2.33 bits per heavy atom. The van der Waals surface area contributed by atoms with Crippen molar-refractivity contribution in [3.05, 3.63) is 33.8 Å². The summed E-state index contributed by atoms with van der Waals surface area (Å²) in [6.45, 7) is 7.42. The van der Waals surface area contributed by atoms with E-state index in [2.05, 4.69) is 5.32 Å². The minimum atomic E-state index is -0.242. The first kappa shape index (κ1) is 20.7. The fraction of sp³-hybridized carbons (Fsp3) is 0.529. The van der Waals surface area contributed by atoms with Crippen LogP contribution in [-0.2, 0) is 9.59 Å². The average molecular weight is 374 g/mol. The summed E-state index contributed by atoms with van der Waals surface area (Å²) >= 11 is 12.0. The molecule has 1 atom stereocenters. The van der Waals surface area contributed by atoms with Crippen LogP contribution in [0.4, 0.5) is 0 Å². The summed E-state index contributed by atoms with van der Waals surface area (Å²) < 4.78 is 0. The second-order valence-corrected chi connectivity index (χ2v) is 6.54. The highest BCUT2D eigenvalue weighted by molar-refractivity contribution is 6.35. The molecule has 0 radical (unpaired) electrons. The topological polar surface area (TPSA) is 52.7 Å². The van der Waals surface area contributed by atoms with Gasteiger partial charge >= 0.3 is 0 Å². The number of rotatable bonds is 8. The first-order valence-electron chi connectivity index (χ1n) is 7.99. The van der Waals surface area contributed by atoms with Crippen LogP contribution in [-0.4, -0.2) is 54.8 Å². The van der Waals surface area contributed by atoms with Crippen LogP contribution in [0.2, 0.25) is 10.0 Å². The first-order chi connectivity index (χ1) is 11.3. The molecule has 0 aliphatic heterocycles. The van der Waals surface area contributed by atoms with Gasteiger partial charge in [0.15, 0.2) is 0 Å². The third-order valence-corrected chi connectivity index (χ3v) is 4.30. The molecule has 7 heteroatoms. The highest BCUT2D eigenvalue weighted by atomic mass is 35.5. The Balaban J connectivity index is 2.54. The number of nitrogens with zero attached hydrogens (tertiary/aromatic N) is 2. The van der Waals surface area contributed by atoms with Crippen molar-refractivity contribution in [1.29, 1.82) is 0 Å². The highest BCUT2D eigenvalue weighted by Gasteiger charge is 2.17. The quantitative estimate of drug-likeness (QED) is 0.761. The molecular formula is C17H25Cl2N3O2. The largest absolute Gasteiger partial charge is 0.348 e. The summed E-state index contributed by atoms with van der Waals surface area (Å²) in [6.07, 6.45) is 0. The molecule has 0 aliphatic rings.